The fraction of sp³-hybridized carbons (Fsp3) is 0.929. The highest BCUT2D eigenvalue weighted by molar-refractivity contribution is 5.72. The van der Waals surface area contributed by atoms with Crippen molar-refractivity contribution in [3.8, 4) is 0 Å². The van der Waals surface area contributed by atoms with Crippen LogP contribution in [-0.4, -0.2) is 25.2 Å². The molecule has 3 atom stereocenters. The van der Waals surface area contributed by atoms with Gasteiger partial charge in [0.05, 0.1) is 13.0 Å². The van der Waals surface area contributed by atoms with E-state index in [0.29, 0.717) is 11.5 Å². The summed E-state index contributed by atoms with van der Waals surface area (Å²) in [5, 5.41) is 3.59. The summed E-state index contributed by atoms with van der Waals surface area (Å²) in [7, 11) is 1.45. The van der Waals surface area contributed by atoms with Crippen molar-refractivity contribution in [1.29, 1.82) is 0 Å². The Bertz CT molecular complexity index is 263. The zero-order valence-corrected chi connectivity index (χ0v) is 11.9. The van der Waals surface area contributed by atoms with Crippen molar-refractivity contribution < 1.29 is 9.53 Å². The third kappa shape index (κ3) is 4.30. The van der Waals surface area contributed by atoms with Crippen LogP contribution >= 0.6 is 0 Å². The van der Waals surface area contributed by atoms with E-state index in [1.165, 1.54) is 32.8 Å². The van der Waals surface area contributed by atoms with Gasteiger partial charge in [0.25, 0.3) is 0 Å². The Morgan fingerprint density at radius 3 is 2.59 bits per heavy atom. The number of hydrogen-bond donors (Lipinski definition) is 1. The maximum absolute atomic E-state index is 11.5. The van der Waals surface area contributed by atoms with Gasteiger partial charge in [-0.05, 0) is 31.6 Å². The fourth-order valence-corrected chi connectivity index (χ4v) is 2.75. The lowest BCUT2D eigenvalue weighted by atomic mass is 9.75. The number of esters is 1. The average molecular weight is 241 g/mol. The van der Waals surface area contributed by atoms with Crippen LogP contribution in [-0.2, 0) is 9.53 Å². The average Bonchev–Trinajstić information content (AvgIpc) is 2.25. The van der Waals surface area contributed by atoms with Crippen LogP contribution in [0, 0.1) is 11.3 Å². The van der Waals surface area contributed by atoms with Crippen LogP contribution < -0.4 is 5.32 Å². The maximum Gasteiger partial charge on any atom is 0.309 e. The summed E-state index contributed by atoms with van der Waals surface area (Å²) in [5.41, 5.74) is 0.435. The molecular weight excluding hydrogens is 214 g/mol. The van der Waals surface area contributed by atoms with E-state index in [4.69, 9.17) is 4.74 Å². The third-order valence-electron chi connectivity index (χ3n) is 4.03. The van der Waals surface area contributed by atoms with Crippen LogP contribution in [0.2, 0.25) is 0 Å². The van der Waals surface area contributed by atoms with E-state index in [2.05, 4.69) is 26.1 Å². The van der Waals surface area contributed by atoms with Crippen molar-refractivity contribution in [2.24, 2.45) is 11.3 Å². The minimum atomic E-state index is -0.125. The van der Waals surface area contributed by atoms with Gasteiger partial charge in [-0.1, -0.05) is 27.2 Å². The molecule has 1 aliphatic carbocycles. The van der Waals surface area contributed by atoms with Crippen molar-refractivity contribution in [1.82, 2.24) is 5.32 Å². The van der Waals surface area contributed by atoms with Crippen LogP contribution in [0.3, 0.4) is 0 Å². The largest absolute Gasteiger partial charge is 0.469 e. The lowest BCUT2D eigenvalue weighted by molar-refractivity contribution is -0.145. The molecule has 100 valence electrons. The number of hydrogen-bond acceptors (Lipinski definition) is 3. The van der Waals surface area contributed by atoms with Crippen LogP contribution in [0.1, 0.15) is 53.4 Å². The predicted octanol–water partition coefficient (Wildman–Crippen LogP) is 2.74. The third-order valence-corrected chi connectivity index (χ3v) is 4.03. The van der Waals surface area contributed by atoms with E-state index >= 15 is 0 Å². The number of rotatable bonds is 4. The zero-order valence-electron chi connectivity index (χ0n) is 11.9. The first kappa shape index (κ1) is 14.5. The Balaban J connectivity index is 2.45. The van der Waals surface area contributed by atoms with E-state index < -0.39 is 0 Å². The molecule has 17 heavy (non-hydrogen) atoms. The minimum Gasteiger partial charge on any atom is -0.469 e. The van der Waals surface area contributed by atoms with Gasteiger partial charge >= 0.3 is 5.97 Å². The van der Waals surface area contributed by atoms with E-state index in [1.54, 1.807) is 0 Å². The molecule has 3 unspecified atom stereocenters. The summed E-state index contributed by atoms with van der Waals surface area (Å²) in [6.45, 7) is 8.66. The van der Waals surface area contributed by atoms with Gasteiger partial charge in [-0.15, -0.1) is 0 Å². The topological polar surface area (TPSA) is 38.3 Å². The van der Waals surface area contributed by atoms with Crippen molar-refractivity contribution in [3.05, 3.63) is 0 Å². The summed E-state index contributed by atoms with van der Waals surface area (Å²) >= 11 is 0. The monoisotopic (exact) mass is 241 g/mol. The first-order chi connectivity index (χ1) is 7.85. The van der Waals surface area contributed by atoms with Crippen LogP contribution in [0.25, 0.3) is 0 Å². The molecule has 0 aromatic carbocycles. The molecule has 0 spiro atoms. The molecular formula is C14H27NO2. The first-order valence-electron chi connectivity index (χ1n) is 6.69. The van der Waals surface area contributed by atoms with Gasteiger partial charge in [0, 0.05) is 12.1 Å². The molecule has 0 aromatic heterocycles. The Hall–Kier alpha value is -0.570. The summed E-state index contributed by atoms with van der Waals surface area (Å²) < 4.78 is 4.78. The number of nitrogens with one attached hydrogen (secondary N) is 1. The number of methoxy groups -OCH3 is 1. The zero-order chi connectivity index (χ0) is 13.1. The van der Waals surface area contributed by atoms with Crippen LogP contribution in [0.4, 0.5) is 0 Å². The van der Waals surface area contributed by atoms with Gasteiger partial charge in [0.15, 0.2) is 0 Å². The van der Waals surface area contributed by atoms with Gasteiger partial charge < -0.3 is 10.1 Å². The molecule has 1 N–H and O–H groups in total. The Kier molecular flexibility index (Phi) is 4.99. The second kappa shape index (κ2) is 5.85. The van der Waals surface area contributed by atoms with Crippen molar-refractivity contribution in [3.63, 3.8) is 0 Å². The lowest BCUT2D eigenvalue weighted by Crippen LogP contribution is -2.46. The summed E-state index contributed by atoms with van der Waals surface area (Å²) in [6.07, 6.45) is 5.02. The molecule has 3 nitrogen and oxygen atoms in total. The molecule has 3 heteroatoms. The Morgan fingerprint density at radius 2 is 2.06 bits per heavy atom. The molecule has 1 fully saturated rings. The number of carbonyl (C=O) groups excluding carboxylic acids is 1. The Morgan fingerprint density at radius 1 is 1.41 bits per heavy atom. The Labute approximate surface area is 105 Å². The van der Waals surface area contributed by atoms with Gasteiger partial charge in [0.2, 0.25) is 0 Å². The smallest absolute Gasteiger partial charge is 0.309 e. The van der Waals surface area contributed by atoms with Crippen LogP contribution in [0.5, 0.6) is 0 Å². The molecule has 0 bridgehead atoms. The number of carbonyl (C=O) groups is 1. The normalized spacial score (nSPS) is 27.2. The fourth-order valence-electron chi connectivity index (χ4n) is 2.75. The second-order valence-electron chi connectivity index (χ2n) is 6.22. The molecule has 0 amide bonds. The summed E-state index contributed by atoms with van der Waals surface area (Å²) in [5.74, 6) is -0.204. The van der Waals surface area contributed by atoms with E-state index in [1.807, 2.05) is 6.92 Å². The molecule has 0 aromatic rings. The van der Waals surface area contributed by atoms with E-state index in [9.17, 15) is 4.79 Å². The standard InChI is InChI=1S/C14H27NO2/c1-10(13(16)17-5)11(2)15-12-7-6-8-14(3,4)9-12/h10-12,15H,6-9H2,1-5H3. The second-order valence-corrected chi connectivity index (χ2v) is 6.22. The predicted molar refractivity (Wildman–Crippen MR) is 69.8 cm³/mol. The molecule has 0 aliphatic heterocycles. The van der Waals surface area contributed by atoms with Crippen LogP contribution in [0.15, 0.2) is 0 Å². The molecule has 0 saturated heterocycles. The van der Waals surface area contributed by atoms with Crippen molar-refractivity contribution >= 4 is 5.97 Å². The molecule has 0 radical (unpaired) electrons. The van der Waals surface area contributed by atoms with E-state index in [-0.39, 0.29) is 17.9 Å². The summed E-state index contributed by atoms with van der Waals surface area (Å²) in [4.78, 5) is 11.5. The summed E-state index contributed by atoms with van der Waals surface area (Å²) in [6, 6.07) is 0.724. The van der Waals surface area contributed by atoms with Crippen molar-refractivity contribution in [2.45, 2.75) is 65.5 Å². The highest BCUT2D eigenvalue weighted by Gasteiger charge is 2.30. The minimum absolute atomic E-state index is 0.0787. The van der Waals surface area contributed by atoms with Crippen molar-refractivity contribution in [2.75, 3.05) is 7.11 Å². The highest BCUT2D eigenvalue weighted by Crippen LogP contribution is 2.35. The lowest BCUT2D eigenvalue weighted by Gasteiger charge is -2.37. The van der Waals surface area contributed by atoms with Gasteiger partial charge in [-0.25, -0.2) is 0 Å². The molecule has 1 aliphatic rings. The van der Waals surface area contributed by atoms with E-state index in [0.717, 1.165) is 0 Å². The van der Waals surface area contributed by atoms with Gasteiger partial charge in [-0.2, -0.15) is 0 Å². The van der Waals surface area contributed by atoms with Gasteiger partial charge in [-0.3, -0.25) is 4.79 Å². The highest BCUT2D eigenvalue weighted by atomic mass is 16.5. The number of ether oxygens (including phenoxy) is 1. The molecule has 1 rings (SSSR count). The molecule has 0 heterocycles. The van der Waals surface area contributed by atoms with Gasteiger partial charge in [0.1, 0.15) is 0 Å². The quantitative estimate of drug-likeness (QED) is 0.769. The molecule has 1 saturated carbocycles. The first-order valence-corrected chi connectivity index (χ1v) is 6.69. The SMILES string of the molecule is COC(=O)C(C)C(C)NC1CCCC(C)(C)C1. The maximum atomic E-state index is 11.5.